The van der Waals surface area contributed by atoms with Crippen molar-refractivity contribution in [3.05, 3.63) is 0 Å². The molecule has 5 fully saturated rings. The molecule has 136 valence electrons. The molecule has 7 nitrogen and oxygen atoms in total. The van der Waals surface area contributed by atoms with Crippen LogP contribution in [0.1, 0.15) is 19.8 Å². The Kier molecular flexibility index (Phi) is 5.42. The Hall–Kier alpha value is -1.18. The number of carbonyl (C=O) groups is 2. The Morgan fingerprint density at radius 2 is 1.71 bits per heavy atom. The molecule has 1 N–H and O–H groups in total. The smallest absolute Gasteiger partial charge is 0.290 e. The fourth-order valence-corrected chi connectivity index (χ4v) is 4.52. The van der Waals surface area contributed by atoms with Crippen molar-refractivity contribution in [3.8, 4) is 0 Å². The van der Waals surface area contributed by atoms with Gasteiger partial charge in [0.15, 0.2) is 0 Å². The lowest BCUT2D eigenvalue weighted by atomic mass is 9.82. The Bertz CT molecular complexity index is 453. The average Bonchev–Trinajstić information content (AvgIpc) is 2.61. The minimum absolute atomic E-state index is 0.238. The second kappa shape index (κ2) is 7.37. The second-order valence-corrected chi connectivity index (χ2v) is 7.69. The van der Waals surface area contributed by atoms with Crippen LogP contribution in [0.5, 0.6) is 0 Å². The molecular weight excluding hydrogens is 310 g/mol. The zero-order chi connectivity index (χ0) is 17.2. The van der Waals surface area contributed by atoms with E-state index in [1.165, 1.54) is 32.5 Å². The number of nitrogens with zero attached hydrogens (tertiary/aromatic N) is 3. The Balaban J connectivity index is 0.000000526. The Morgan fingerprint density at radius 1 is 1.12 bits per heavy atom. The van der Waals surface area contributed by atoms with Crippen LogP contribution in [0.3, 0.4) is 0 Å². The van der Waals surface area contributed by atoms with Gasteiger partial charge in [-0.1, -0.05) is 0 Å². The summed E-state index contributed by atoms with van der Waals surface area (Å²) in [6.07, 6.45) is 2.75. The van der Waals surface area contributed by atoms with Crippen LogP contribution in [-0.4, -0.2) is 97.3 Å². The average molecular weight is 339 g/mol. The number of hydrogen-bond acceptors (Lipinski definition) is 5. The zero-order valence-corrected chi connectivity index (χ0v) is 14.5. The van der Waals surface area contributed by atoms with Crippen LogP contribution < -0.4 is 0 Å². The molecular formula is C17H29N3O4. The number of amides is 1. The summed E-state index contributed by atoms with van der Waals surface area (Å²) in [5.41, 5.74) is -0.238. The topological polar surface area (TPSA) is 73.3 Å². The van der Waals surface area contributed by atoms with Crippen molar-refractivity contribution in [3.63, 3.8) is 0 Å². The molecule has 0 aliphatic carbocycles. The highest BCUT2D eigenvalue weighted by Crippen LogP contribution is 2.33. The SMILES string of the molecule is CC1(C(=O)N2CCN(C3CN4CCC3CC4)CC2)COC1.O=CO. The van der Waals surface area contributed by atoms with E-state index < -0.39 is 0 Å². The van der Waals surface area contributed by atoms with E-state index in [0.29, 0.717) is 19.1 Å². The van der Waals surface area contributed by atoms with Gasteiger partial charge in [-0.3, -0.25) is 14.5 Å². The van der Waals surface area contributed by atoms with Crippen molar-refractivity contribution in [2.75, 3.05) is 59.0 Å². The highest BCUT2D eigenvalue weighted by molar-refractivity contribution is 5.83. The first-order valence-corrected chi connectivity index (χ1v) is 8.99. The summed E-state index contributed by atoms with van der Waals surface area (Å²) >= 11 is 0. The largest absolute Gasteiger partial charge is 0.483 e. The summed E-state index contributed by atoms with van der Waals surface area (Å²) in [6.45, 7) is 10.8. The number of fused-ring (bicyclic) bond motifs is 3. The molecule has 0 saturated carbocycles. The summed E-state index contributed by atoms with van der Waals surface area (Å²) in [5.74, 6) is 1.21. The summed E-state index contributed by atoms with van der Waals surface area (Å²) < 4.78 is 5.24. The van der Waals surface area contributed by atoms with E-state index in [0.717, 1.165) is 38.1 Å². The van der Waals surface area contributed by atoms with Crippen LogP contribution in [0.4, 0.5) is 0 Å². The number of carboxylic acid groups (broad SMARTS) is 1. The molecule has 1 atom stereocenters. The van der Waals surface area contributed by atoms with Crippen molar-refractivity contribution < 1.29 is 19.4 Å². The Morgan fingerprint density at radius 3 is 2.12 bits per heavy atom. The van der Waals surface area contributed by atoms with Crippen molar-refractivity contribution in [1.82, 2.24) is 14.7 Å². The number of carbonyl (C=O) groups excluding carboxylic acids is 1. The minimum Gasteiger partial charge on any atom is -0.483 e. The molecule has 5 aliphatic heterocycles. The van der Waals surface area contributed by atoms with E-state index >= 15 is 0 Å². The zero-order valence-electron chi connectivity index (χ0n) is 14.5. The van der Waals surface area contributed by atoms with Crippen LogP contribution in [0.2, 0.25) is 0 Å². The fraction of sp³-hybridized carbons (Fsp3) is 0.882. The van der Waals surface area contributed by atoms with Gasteiger partial charge in [0.05, 0.1) is 18.6 Å². The molecule has 1 amide bonds. The molecule has 5 saturated heterocycles. The van der Waals surface area contributed by atoms with Gasteiger partial charge in [-0.15, -0.1) is 0 Å². The van der Waals surface area contributed by atoms with Gasteiger partial charge in [0, 0.05) is 38.8 Å². The highest BCUT2D eigenvalue weighted by atomic mass is 16.5. The number of rotatable bonds is 2. The van der Waals surface area contributed by atoms with E-state index in [9.17, 15) is 4.79 Å². The molecule has 1 unspecified atom stereocenters. The third-order valence-electron chi connectivity index (χ3n) is 6.05. The van der Waals surface area contributed by atoms with Crippen LogP contribution in [0.15, 0.2) is 0 Å². The summed E-state index contributed by atoms with van der Waals surface area (Å²) in [7, 11) is 0. The van der Waals surface area contributed by atoms with Crippen molar-refractivity contribution in [1.29, 1.82) is 0 Å². The van der Waals surface area contributed by atoms with Crippen molar-refractivity contribution >= 4 is 12.4 Å². The Labute approximate surface area is 143 Å². The van der Waals surface area contributed by atoms with Gasteiger partial charge in [0.25, 0.3) is 6.47 Å². The van der Waals surface area contributed by atoms with Crippen LogP contribution >= 0.6 is 0 Å². The summed E-state index contributed by atoms with van der Waals surface area (Å²) in [5, 5.41) is 6.89. The monoisotopic (exact) mass is 339 g/mol. The van der Waals surface area contributed by atoms with Gasteiger partial charge in [0.1, 0.15) is 0 Å². The first-order valence-electron chi connectivity index (χ1n) is 8.99. The van der Waals surface area contributed by atoms with E-state index in [2.05, 4.69) is 14.7 Å². The van der Waals surface area contributed by atoms with Gasteiger partial charge < -0.3 is 19.6 Å². The number of piperidine rings is 3. The lowest BCUT2D eigenvalue weighted by molar-refractivity contribution is -0.171. The minimum atomic E-state index is -0.250. The maximum Gasteiger partial charge on any atom is 0.290 e. The van der Waals surface area contributed by atoms with Crippen LogP contribution in [0.25, 0.3) is 0 Å². The molecule has 2 bridgehead atoms. The van der Waals surface area contributed by atoms with E-state index in [4.69, 9.17) is 14.6 Å². The predicted octanol–water partition coefficient (Wildman–Crippen LogP) is -0.0379. The normalized spacial score (nSPS) is 34.7. The number of hydrogen-bond donors (Lipinski definition) is 1. The number of piperazine rings is 1. The molecule has 5 aliphatic rings. The van der Waals surface area contributed by atoms with E-state index in [1.54, 1.807) is 0 Å². The maximum absolute atomic E-state index is 12.5. The number of ether oxygens (including phenoxy) is 1. The van der Waals surface area contributed by atoms with Crippen molar-refractivity contribution in [2.24, 2.45) is 11.3 Å². The van der Waals surface area contributed by atoms with Gasteiger partial charge >= 0.3 is 0 Å². The lowest BCUT2D eigenvalue weighted by Crippen LogP contribution is -2.63. The van der Waals surface area contributed by atoms with Gasteiger partial charge in [-0.2, -0.15) is 0 Å². The van der Waals surface area contributed by atoms with Gasteiger partial charge in [0.2, 0.25) is 5.91 Å². The molecule has 0 aromatic rings. The van der Waals surface area contributed by atoms with Crippen molar-refractivity contribution in [2.45, 2.75) is 25.8 Å². The third-order valence-corrected chi connectivity index (χ3v) is 6.05. The first kappa shape index (κ1) is 17.6. The molecule has 0 aromatic carbocycles. The fourth-order valence-electron chi connectivity index (χ4n) is 4.52. The maximum atomic E-state index is 12.5. The molecule has 7 heteroatoms. The molecule has 0 aromatic heterocycles. The summed E-state index contributed by atoms with van der Waals surface area (Å²) in [4.78, 5) is 28.2. The van der Waals surface area contributed by atoms with E-state index in [1.807, 2.05) is 6.92 Å². The molecule has 0 spiro atoms. The second-order valence-electron chi connectivity index (χ2n) is 7.69. The molecule has 5 rings (SSSR count). The van der Waals surface area contributed by atoms with Gasteiger partial charge in [-0.05, 0) is 38.8 Å². The molecule has 0 radical (unpaired) electrons. The first-order chi connectivity index (χ1) is 11.6. The quantitative estimate of drug-likeness (QED) is 0.712. The lowest BCUT2D eigenvalue weighted by Gasteiger charge is -2.51. The van der Waals surface area contributed by atoms with Gasteiger partial charge in [-0.25, -0.2) is 0 Å². The molecule has 5 heterocycles. The third kappa shape index (κ3) is 3.43. The van der Waals surface area contributed by atoms with Crippen LogP contribution in [0, 0.1) is 11.3 Å². The molecule has 24 heavy (non-hydrogen) atoms. The highest BCUT2D eigenvalue weighted by Gasteiger charge is 2.45. The van der Waals surface area contributed by atoms with Crippen LogP contribution in [-0.2, 0) is 14.3 Å². The van der Waals surface area contributed by atoms with E-state index in [-0.39, 0.29) is 11.9 Å². The predicted molar refractivity (Wildman–Crippen MR) is 88.7 cm³/mol. The standard InChI is InChI=1S/C16H27N3O2.CH2O2/c1-16(11-21-12-16)15(20)19-8-6-18(7-9-19)14-10-17-4-2-13(14)3-5-17;2-1-3/h13-14H,2-12H2,1H3;1H,(H,2,3). The summed E-state index contributed by atoms with van der Waals surface area (Å²) in [6, 6.07) is 0.743.